The predicted octanol–water partition coefficient (Wildman–Crippen LogP) is 2.15. The van der Waals surface area contributed by atoms with Gasteiger partial charge < -0.3 is 5.11 Å². The fourth-order valence-electron chi connectivity index (χ4n) is 1.64. The molecule has 0 aromatic heterocycles. The number of halogens is 1. The molecule has 7 heteroatoms. The minimum absolute atomic E-state index is 0.0695. The molecule has 0 radical (unpaired) electrons. The summed E-state index contributed by atoms with van der Waals surface area (Å²) < 4.78 is 27.7. The lowest BCUT2D eigenvalue weighted by molar-refractivity contribution is 0.282. The summed E-state index contributed by atoms with van der Waals surface area (Å²) in [5.74, 6) is 0. The van der Waals surface area contributed by atoms with Gasteiger partial charge in [0.1, 0.15) is 0 Å². The van der Waals surface area contributed by atoms with E-state index in [9.17, 15) is 13.5 Å². The first-order valence-corrected chi connectivity index (χ1v) is 9.30. The zero-order valence-corrected chi connectivity index (χ0v) is 14.3. The second kappa shape index (κ2) is 7.08. The highest BCUT2D eigenvalue weighted by Gasteiger charge is 2.24. The van der Waals surface area contributed by atoms with Gasteiger partial charge in [0.2, 0.25) is 10.0 Å². The van der Waals surface area contributed by atoms with E-state index in [0.717, 1.165) is 5.56 Å². The molecule has 108 valence electrons. The molecule has 4 nitrogen and oxygen atoms in total. The lowest BCUT2D eigenvalue weighted by Gasteiger charge is -2.21. The normalized spacial score (nSPS) is 15.2. The Labute approximate surface area is 127 Å². The number of aryl methyl sites for hydroxylation is 1. The number of aliphatic hydroxyl groups is 1. The number of hydrogen-bond acceptors (Lipinski definition) is 4. The maximum Gasteiger partial charge on any atom is 0.241 e. The maximum absolute atomic E-state index is 12.3. The topological polar surface area (TPSA) is 66.4 Å². The molecule has 0 bridgehead atoms. The van der Waals surface area contributed by atoms with Crippen LogP contribution >= 0.6 is 27.7 Å². The summed E-state index contributed by atoms with van der Waals surface area (Å²) in [7, 11) is -3.59. The summed E-state index contributed by atoms with van der Waals surface area (Å²) in [6.07, 6.45) is 1.84. The average molecular weight is 368 g/mol. The number of sulfonamides is 1. The molecule has 0 amide bonds. The van der Waals surface area contributed by atoms with Crippen molar-refractivity contribution in [2.75, 3.05) is 12.9 Å². The van der Waals surface area contributed by atoms with Crippen LogP contribution in [0.25, 0.3) is 0 Å². The minimum atomic E-state index is -3.59. The number of rotatable bonds is 6. The number of thioether (sulfide) groups is 1. The third kappa shape index (κ3) is 4.46. The van der Waals surface area contributed by atoms with E-state index >= 15 is 0 Å². The second-order valence-electron chi connectivity index (χ2n) is 4.30. The van der Waals surface area contributed by atoms with Gasteiger partial charge in [-0.05, 0) is 53.7 Å². The van der Waals surface area contributed by atoms with Gasteiger partial charge >= 0.3 is 0 Å². The lowest BCUT2D eigenvalue weighted by atomic mass is 10.2. The van der Waals surface area contributed by atoms with Crippen LogP contribution in [0.4, 0.5) is 0 Å². The number of hydrogen-bond donors (Lipinski definition) is 2. The molecule has 19 heavy (non-hydrogen) atoms. The molecular weight excluding hydrogens is 350 g/mol. The van der Waals surface area contributed by atoms with E-state index in [0.29, 0.717) is 4.47 Å². The van der Waals surface area contributed by atoms with E-state index in [1.165, 1.54) is 11.8 Å². The second-order valence-corrected chi connectivity index (χ2v) is 7.91. The van der Waals surface area contributed by atoms with E-state index < -0.39 is 10.0 Å². The molecule has 2 unspecified atom stereocenters. The van der Waals surface area contributed by atoms with Crippen LogP contribution in [0.2, 0.25) is 0 Å². The summed E-state index contributed by atoms with van der Waals surface area (Å²) in [6.45, 7) is 3.57. The Morgan fingerprint density at radius 1 is 1.47 bits per heavy atom. The van der Waals surface area contributed by atoms with Crippen molar-refractivity contribution in [2.24, 2.45) is 0 Å². The molecule has 2 N–H and O–H groups in total. The van der Waals surface area contributed by atoms with Crippen LogP contribution in [0.5, 0.6) is 0 Å². The molecule has 0 saturated heterocycles. The van der Waals surface area contributed by atoms with Crippen molar-refractivity contribution in [1.29, 1.82) is 0 Å². The Bertz CT molecular complexity index is 530. The van der Waals surface area contributed by atoms with Gasteiger partial charge in [-0.1, -0.05) is 6.07 Å². The summed E-state index contributed by atoms with van der Waals surface area (Å²) in [4.78, 5) is 0.211. The number of aliphatic hydroxyl groups excluding tert-OH is 1. The van der Waals surface area contributed by atoms with Gasteiger partial charge in [0.25, 0.3) is 0 Å². The van der Waals surface area contributed by atoms with Gasteiger partial charge in [-0.25, -0.2) is 13.1 Å². The number of nitrogens with one attached hydrogen (secondary N) is 1. The van der Waals surface area contributed by atoms with Crippen LogP contribution in [-0.4, -0.2) is 37.7 Å². The molecule has 2 atom stereocenters. The van der Waals surface area contributed by atoms with Crippen molar-refractivity contribution in [3.63, 3.8) is 0 Å². The third-order valence-electron chi connectivity index (χ3n) is 2.76. The summed E-state index contributed by atoms with van der Waals surface area (Å²) in [5, 5.41) is 9.02. The molecular formula is C12H18BrNO3S2. The smallest absolute Gasteiger partial charge is 0.241 e. The van der Waals surface area contributed by atoms with Crippen LogP contribution in [0.1, 0.15) is 12.5 Å². The van der Waals surface area contributed by atoms with Crippen LogP contribution in [0, 0.1) is 6.92 Å². The Morgan fingerprint density at radius 3 is 2.58 bits per heavy atom. The van der Waals surface area contributed by atoms with Crippen LogP contribution < -0.4 is 4.72 Å². The fourth-order valence-corrected chi connectivity index (χ4v) is 4.83. The van der Waals surface area contributed by atoms with Crippen molar-refractivity contribution < 1.29 is 13.5 Å². The molecule has 0 aliphatic heterocycles. The first-order valence-electron chi connectivity index (χ1n) is 5.74. The molecule has 0 aliphatic rings. The van der Waals surface area contributed by atoms with Crippen molar-refractivity contribution in [1.82, 2.24) is 4.72 Å². The van der Waals surface area contributed by atoms with Gasteiger partial charge in [0.05, 0.1) is 11.5 Å². The third-order valence-corrected chi connectivity index (χ3v) is 6.46. The predicted molar refractivity (Wildman–Crippen MR) is 83.1 cm³/mol. The average Bonchev–Trinajstić information content (AvgIpc) is 2.29. The molecule has 0 aliphatic carbocycles. The van der Waals surface area contributed by atoms with Crippen LogP contribution in [0.3, 0.4) is 0 Å². The summed E-state index contributed by atoms with van der Waals surface area (Å²) in [5.41, 5.74) is 0.983. The molecule has 0 heterocycles. The van der Waals surface area contributed by atoms with Gasteiger partial charge in [0.15, 0.2) is 0 Å². The van der Waals surface area contributed by atoms with Crippen molar-refractivity contribution in [3.05, 3.63) is 28.2 Å². The lowest BCUT2D eigenvalue weighted by Crippen LogP contribution is -2.41. The van der Waals surface area contributed by atoms with E-state index in [2.05, 4.69) is 20.7 Å². The van der Waals surface area contributed by atoms with Gasteiger partial charge in [-0.15, -0.1) is 0 Å². The van der Waals surface area contributed by atoms with Crippen molar-refractivity contribution in [2.45, 2.75) is 30.0 Å². The van der Waals surface area contributed by atoms with Crippen molar-refractivity contribution >= 4 is 37.7 Å². The van der Waals surface area contributed by atoms with Gasteiger partial charge in [-0.3, -0.25) is 0 Å². The molecule has 0 fully saturated rings. The van der Waals surface area contributed by atoms with Crippen LogP contribution in [0.15, 0.2) is 27.6 Å². The summed E-state index contributed by atoms with van der Waals surface area (Å²) in [6, 6.07) is 4.74. The molecule has 0 spiro atoms. The van der Waals surface area contributed by atoms with Crippen LogP contribution in [-0.2, 0) is 10.0 Å². The zero-order chi connectivity index (χ0) is 14.6. The Balaban J connectivity index is 2.98. The molecule has 1 rings (SSSR count). The Kier molecular flexibility index (Phi) is 6.32. The fraction of sp³-hybridized carbons (Fsp3) is 0.500. The highest BCUT2D eigenvalue weighted by molar-refractivity contribution is 9.10. The minimum Gasteiger partial charge on any atom is -0.395 e. The maximum atomic E-state index is 12.3. The van der Waals surface area contributed by atoms with E-state index in [4.69, 9.17) is 0 Å². The Morgan fingerprint density at radius 2 is 2.11 bits per heavy atom. The zero-order valence-electron chi connectivity index (χ0n) is 11.1. The highest BCUT2D eigenvalue weighted by atomic mass is 79.9. The van der Waals surface area contributed by atoms with E-state index in [-0.39, 0.29) is 22.8 Å². The van der Waals surface area contributed by atoms with Gasteiger partial charge in [0, 0.05) is 15.8 Å². The van der Waals surface area contributed by atoms with Gasteiger partial charge in [-0.2, -0.15) is 11.8 Å². The largest absolute Gasteiger partial charge is 0.395 e. The van der Waals surface area contributed by atoms with E-state index in [1.807, 2.05) is 13.2 Å². The Hall–Kier alpha value is -0.0800. The first kappa shape index (κ1) is 17.0. The standard InChI is InChI=1S/C12H18BrNO3S2/c1-8-4-5-12(10(13)6-8)19(16,17)14-9(2)11(7-15)18-3/h4-6,9,11,14-15H,7H2,1-3H3. The first-order chi connectivity index (χ1) is 8.81. The summed E-state index contributed by atoms with van der Waals surface area (Å²) >= 11 is 4.70. The monoisotopic (exact) mass is 367 g/mol. The molecule has 0 saturated carbocycles. The quantitative estimate of drug-likeness (QED) is 0.808. The molecule has 1 aromatic rings. The number of benzene rings is 1. The SMILES string of the molecule is CSC(CO)C(C)NS(=O)(=O)c1ccc(C)cc1Br. The molecule has 1 aromatic carbocycles. The van der Waals surface area contributed by atoms with E-state index in [1.54, 1.807) is 25.1 Å². The highest BCUT2D eigenvalue weighted by Crippen LogP contribution is 2.24. The van der Waals surface area contributed by atoms with Crippen molar-refractivity contribution in [3.8, 4) is 0 Å².